The van der Waals surface area contributed by atoms with Crippen LogP contribution in [0.2, 0.25) is 0 Å². The monoisotopic (exact) mass is 695 g/mol. The summed E-state index contributed by atoms with van der Waals surface area (Å²) >= 11 is 0. The van der Waals surface area contributed by atoms with E-state index in [9.17, 15) is 14.4 Å². The van der Waals surface area contributed by atoms with Crippen LogP contribution in [0.15, 0.2) is 0 Å². The Hall–Kier alpha value is -1.59. The fraction of sp³-hybridized carbons (Fsp3) is 0.930. The zero-order chi connectivity index (χ0) is 36.4. The van der Waals surface area contributed by atoms with Gasteiger partial charge in [-0.1, -0.05) is 183 Å². The topological polar surface area (TPSA) is 78.9 Å². The van der Waals surface area contributed by atoms with Crippen molar-refractivity contribution in [1.82, 2.24) is 0 Å². The molecule has 0 bridgehead atoms. The molecule has 0 aromatic heterocycles. The van der Waals surface area contributed by atoms with Crippen LogP contribution in [0.1, 0.15) is 221 Å². The molecule has 0 aliphatic carbocycles. The second-order valence-corrected chi connectivity index (χ2v) is 15.8. The lowest BCUT2D eigenvalue weighted by molar-refractivity contribution is -0.167. The first-order chi connectivity index (χ1) is 23.6. The van der Waals surface area contributed by atoms with Crippen LogP contribution < -0.4 is 0 Å². The molecular weight excluding hydrogens is 612 g/mol. The third-order valence-electron chi connectivity index (χ3n) is 9.76. The normalized spacial score (nSPS) is 12.7. The van der Waals surface area contributed by atoms with E-state index in [-0.39, 0.29) is 31.1 Å². The maximum atomic E-state index is 12.6. The smallest absolute Gasteiger partial charge is 0.306 e. The molecule has 49 heavy (non-hydrogen) atoms. The van der Waals surface area contributed by atoms with Crippen molar-refractivity contribution in [1.29, 1.82) is 0 Å². The first-order valence-electron chi connectivity index (χ1n) is 21.1. The lowest BCUT2D eigenvalue weighted by Crippen LogP contribution is -2.30. The van der Waals surface area contributed by atoms with Gasteiger partial charge in [0.05, 0.1) is 0 Å². The molecule has 0 N–H and O–H groups in total. The second kappa shape index (κ2) is 34.8. The Kier molecular flexibility index (Phi) is 33.7. The van der Waals surface area contributed by atoms with Gasteiger partial charge in [-0.15, -0.1) is 0 Å². The van der Waals surface area contributed by atoms with E-state index >= 15 is 0 Å². The van der Waals surface area contributed by atoms with Crippen LogP contribution in [0.3, 0.4) is 0 Å². The molecule has 0 fully saturated rings. The summed E-state index contributed by atoms with van der Waals surface area (Å²) in [4.78, 5) is 37.5. The SMILES string of the molecule is CCC(C)CCCCCCCCC(=O)O[C@@H](COC(=O)CCCCCCCCCCCC(C)C)COC(=O)CCCCCCCCC(C)C. The first-order valence-corrected chi connectivity index (χ1v) is 21.1. The van der Waals surface area contributed by atoms with Crippen molar-refractivity contribution in [3.63, 3.8) is 0 Å². The Labute approximate surface area is 304 Å². The highest BCUT2D eigenvalue weighted by Gasteiger charge is 2.19. The molecule has 0 amide bonds. The van der Waals surface area contributed by atoms with Crippen molar-refractivity contribution in [2.24, 2.45) is 17.8 Å². The van der Waals surface area contributed by atoms with Crippen LogP contribution in [0.25, 0.3) is 0 Å². The van der Waals surface area contributed by atoms with Crippen LogP contribution in [0, 0.1) is 17.8 Å². The molecule has 0 aliphatic heterocycles. The maximum Gasteiger partial charge on any atom is 0.306 e. The second-order valence-electron chi connectivity index (χ2n) is 15.8. The highest BCUT2D eigenvalue weighted by atomic mass is 16.6. The van der Waals surface area contributed by atoms with Crippen LogP contribution in [-0.2, 0) is 28.6 Å². The molecule has 290 valence electrons. The summed E-state index contributed by atoms with van der Waals surface area (Å²) in [5, 5.41) is 0. The lowest BCUT2D eigenvalue weighted by Gasteiger charge is -2.18. The number of carbonyl (C=O) groups is 3. The third-order valence-corrected chi connectivity index (χ3v) is 9.76. The van der Waals surface area contributed by atoms with E-state index in [0.29, 0.717) is 19.3 Å². The van der Waals surface area contributed by atoms with Gasteiger partial charge in [-0.3, -0.25) is 14.4 Å². The molecule has 0 aromatic carbocycles. The molecule has 0 rings (SSSR count). The lowest BCUT2D eigenvalue weighted by atomic mass is 10.00. The molecule has 0 heterocycles. The van der Waals surface area contributed by atoms with E-state index in [1.54, 1.807) is 0 Å². The molecule has 0 saturated heterocycles. The summed E-state index contributed by atoms with van der Waals surface area (Å²) in [6.45, 7) is 13.5. The average molecular weight is 695 g/mol. The van der Waals surface area contributed by atoms with Gasteiger partial charge in [-0.05, 0) is 37.0 Å². The van der Waals surface area contributed by atoms with Crippen LogP contribution in [-0.4, -0.2) is 37.2 Å². The molecule has 1 unspecified atom stereocenters. The summed E-state index contributed by atoms with van der Waals surface area (Å²) in [5.74, 6) is 1.51. The van der Waals surface area contributed by atoms with Crippen molar-refractivity contribution in [2.45, 2.75) is 227 Å². The number of hydrogen-bond donors (Lipinski definition) is 0. The average Bonchev–Trinajstić information content (AvgIpc) is 3.06. The minimum absolute atomic E-state index is 0.0682. The van der Waals surface area contributed by atoms with Crippen molar-refractivity contribution >= 4 is 17.9 Å². The van der Waals surface area contributed by atoms with Crippen molar-refractivity contribution in [3.05, 3.63) is 0 Å². The van der Waals surface area contributed by atoms with Gasteiger partial charge in [0.25, 0.3) is 0 Å². The Morgan fingerprint density at radius 1 is 0.408 bits per heavy atom. The van der Waals surface area contributed by atoms with Crippen LogP contribution in [0.5, 0.6) is 0 Å². The van der Waals surface area contributed by atoms with Crippen LogP contribution >= 0.6 is 0 Å². The molecule has 0 aromatic rings. The number of unbranched alkanes of at least 4 members (excludes halogenated alkanes) is 18. The molecule has 0 aliphatic rings. The van der Waals surface area contributed by atoms with Gasteiger partial charge >= 0.3 is 17.9 Å². The van der Waals surface area contributed by atoms with Gasteiger partial charge in [0.15, 0.2) is 6.10 Å². The van der Waals surface area contributed by atoms with Crippen molar-refractivity contribution in [2.75, 3.05) is 13.2 Å². The number of carbonyl (C=O) groups excluding carboxylic acids is 3. The Morgan fingerprint density at radius 2 is 0.714 bits per heavy atom. The molecule has 2 atom stereocenters. The fourth-order valence-corrected chi connectivity index (χ4v) is 6.14. The summed E-state index contributed by atoms with van der Waals surface area (Å²) in [5.41, 5.74) is 0. The summed E-state index contributed by atoms with van der Waals surface area (Å²) < 4.78 is 16.6. The largest absolute Gasteiger partial charge is 0.462 e. The van der Waals surface area contributed by atoms with E-state index in [2.05, 4.69) is 41.5 Å². The van der Waals surface area contributed by atoms with E-state index in [4.69, 9.17) is 14.2 Å². The van der Waals surface area contributed by atoms with Crippen molar-refractivity contribution in [3.8, 4) is 0 Å². The molecule has 6 nitrogen and oxygen atoms in total. The Morgan fingerprint density at radius 3 is 1.06 bits per heavy atom. The fourth-order valence-electron chi connectivity index (χ4n) is 6.14. The minimum atomic E-state index is -0.762. The number of rotatable bonds is 36. The zero-order valence-corrected chi connectivity index (χ0v) is 33.5. The van der Waals surface area contributed by atoms with Crippen LogP contribution in [0.4, 0.5) is 0 Å². The quantitative estimate of drug-likeness (QED) is 0.0369. The van der Waals surface area contributed by atoms with Gasteiger partial charge < -0.3 is 14.2 Å². The highest BCUT2D eigenvalue weighted by molar-refractivity contribution is 5.71. The Bertz CT molecular complexity index is 763. The molecule has 0 spiro atoms. The Balaban J connectivity index is 4.36. The molecule has 6 heteroatoms. The highest BCUT2D eigenvalue weighted by Crippen LogP contribution is 2.17. The molecular formula is C43H82O6. The molecule has 0 saturated carbocycles. The zero-order valence-electron chi connectivity index (χ0n) is 33.5. The van der Waals surface area contributed by atoms with E-state index < -0.39 is 6.10 Å². The predicted molar refractivity (Wildman–Crippen MR) is 206 cm³/mol. The van der Waals surface area contributed by atoms with Gasteiger partial charge in [0, 0.05) is 19.3 Å². The van der Waals surface area contributed by atoms with Gasteiger partial charge in [0.1, 0.15) is 13.2 Å². The summed E-state index contributed by atoms with van der Waals surface area (Å²) in [7, 11) is 0. The van der Waals surface area contributed by atoms with Gasteiger partial charge in [0.2, 0.25) is 0 Å². The van der Waals surface area contributed by atoms with Gasteiger partial charge in [-0.25, -0.2) is 0 Å². The minimum Gasteiger partial charge on any atom is -0.462 e. The van der Waals surface area contributed by atoms with E-state index in [1.165, 1.54) is 103 Å². The summed E-state index contributed by atoms with van der Waals surface area (Å²) in [6.07, 6.45) is 29.6. The third kappa shape index (κ3) is 36.0. The maximum absolute atomic E-state index is 12.6. The van der Waals surface area contributed by atoms with Crippen molar-refractivity contribution < 1.29 is 28.6 Å². The van der Waals surface area contributed by atoms with E-state index in [0.717, 1.165) is 75.5 Å². The standard InChI is InChI=1S/C43H82O6/c1-7-39(6)31-25-19-14-16-22-28-34-43(46)49-40(36-48-42(45)33-27-21-15-13-18-24-30-38(4)5)35-47-41(44)32-26-20-12-10-8-9-11-17-23-29-37(2)3/h37-40H,7-36H2,1-6H3/t39?,40-/m0/s1. The summed E-state index contributed by atoms with van der Waals surface area (Å²) in [6, 6.07) is 0. The number of ether oxygens (including phenoxy) is 3. The first kappa shape index (κ1) is 47.4. The van der Waals surface area contributed by atoms with E-state index in [1.807, 2.05) is 0 Å². The molecule has 0 radical (unpaired) electrons. The van der Waals surface area contributed by atoms with Gasteiger partial charge in [-0.2, -0.15) is 0 Å². The predicted octanol–water partition coefficient (Wildman–Crippen LogP) is 12.9. The number of esters is 3. The number of hydrogen-bond acceptors (Lipinski definition) is 6.